The van der Waals surface area contributed by atoms with Crippen LogP contribution in [0.5, 0.6) is 11.5 Å². The van der Waals surface area contributed by atoms with Crippen LogP contribution in [0.1, 0.15) is 0 Å². The third-order valence-corrected chi connectivity index (χ3v) is 3.51. The van der Waals surface area contributed by atoms with Gasteiger partial charge in [0.25, 0.3) is 0 Å². The molecule has 0 spiro atoms. The summed E-state index contributed by atoms with van der Waals surface area (Å²) in [4.78, 5) is 0. The van der Waals surface area contributed by atoms with E-state index < -0.39 is 16.0 Å². The Morgan fingerprint density at radius 3 is 2.17 bits per heavy atom. The van der Waals surface area contributed by atoms with Crippen molar-refractivity contribution in [2.45, 2.75) is 0 Å². The molecule has 7 heteroatoms. The third kappa shape index (κ3) is 3.59. The lowest BCUT2D eigenvalue weighted by Gasteiger charge is -2.30. The molecule has 0 unspecified atom stereocenters. The Bertz CT molecular complexity index is 524. The van der Waals surface area contributed by atoms with Gasteiger partial charge in [0, 0.05) is 12.1 Å². The Morgan fingerprint density at radius 2 is 1.72 bits per heavy atom. The fourth-order valence-electron chi connectivity index (χ4n) is 1.67. The normalized spacial score (nSPS) is 12.3. The zero-order valence-electron chi connectivity index (χ0n) is 10.8. The van der Waals surface area contributed by atoms with Crippen molar-refractivity contribution >= 4 is 15.8 Å². The van der Waals surface area contributed by atoms with Gasteiger partial charge < -0.3 is 14.0 Å². The van der Waals surface area contributed by atoms with Crippen molar-refractivity contribution in [3.8, 4) is 11.5 Å². The van der Waals surface area contributed by atoms with E-state index in [-0.39, 0.29) is 4.48 Å². The van der Waals surface area contributed by atoms with Gasteiger partial charge >= 0.3 is 0 Å². The summed E-state index contributed by atoms with van der Waals surface area (Å²) < 4.78 is 42.8. The van der Waals surface area contributed by atoms with E-state index in [0.717, 1.165) is 0 Å². The van der Waals surface area contributed by atoms with Gasteiger partial charge in [0.05, 0.1) is 28.3 Å². The van der Waals surface area contributed by atoms with Crippen molar-refractivity contribution in [2.24, 2.45) is 0 Å². The Hall–Kier alpha value is -1.31. The van der Waals surface area contributed by atoms with Crippen LogP contribution in [0.25, 0.3) is 0 Å². The summed E-state index contributed by atoms with van der Waals surface area (Å²) in [5.74, 6) is 0.512. The maximum atomic E-state index is 10.9. The first-order valence-corrected chi connectivity index (χ1v) is 6.76. The van der Waals surface area contributed by atoms with Crippen LogP contribution >= 0.6 is 0 Å². The smallest absolute Gasteiger partial charge is 0.173 e. The molecule has 0 saturated heterocycles. The summed E-state index contributed by atoms with van der Waals surface area (Å²) in [5, 5.41) is 0. The van der Waals surface area contributed by atoms with E-state index in [1.807, 2.05) is 0 Å². The second-order valence-electron chi connectivity index (χ2n) is 4.41. The molecule has 0 saturated carbocycles. The Morgan fingerprint density at radius 1 is 1.17 bits per heavy atom. The van der Waals surface area contributed by atoms with Gasteiger partial charge in [0.15, 0.2) is 17.4 Å². The van der Waals surface area contributed by atoms with Gasteiger partial charge in [-0.3, -0.25) is 4.48 Å². The van der Waals surface area contributed by atoms with Gasteiger partial charge in [-0.1, -0.05) is 0 Å². The molecule has 18 heavy (non-hydrogen) atoms. The first kappa shape index (κ1) is 14.7. The minimum Gasteiger partial charge on any atom is -0.744 e. The summed E-state index contributed by atoms with van der Waals surface area (Å²) in [6, 6.07) is 5.03. The number of hydrogen-bond donors (Lipinski definition) is 0. The van der Waals surface area contributed by atoms with Crippen LogP contribution in [0.3, 0.4) is 0 Å². The third-order valence-electron chi connectivity index (χ3n) is 2.55. The molecular weight excluding hydrogens is 258 g/mol. The second kappa shape index (κ2) is 5.13. The topological polar surface area (TPSA) is 75.7 Å². The quantitative estimate of drug-likeness (QED) is 0.586. The molecule has 0 radical (unpaired) electrons. The molecule has 0 atom stereocenters. The zero-order chi connectivity index (χ0) is 14.0. The van der Waals surface area contributed by atoms with Crippen LogP contribution in [0.4, 0.5) is 5.69 Å². The molecule has 0 heterocycles. The van der Waals surface area contributed by atoms with Crippen molar-refractivity contribution < 1.29 is 22.4 Å². The molecule has 0 aliphatic heterocycles. The molecule has 1 rings (SSSR count). The van der Waals surface area contributed by atoms with Gasteiger partial charge in [-0.2, -0.15) is 0 Å². The van der Waals surface area contributed by atoms with Crippen molar-refractivity contribution in [3.05, 3.63) is 18.2 Å². The van der Waals surface area contributed by atoms with Crippen LogP contribution in [0.15, 0.2) is 18.2 Å². The average molecular weight is 275 g/mol. The van der Waals surface area contributed by atoms with Crippen molar-refractivity contribution in [1.29, 1.82) is 0 Å². The molecular formula is C11H17NO5S. The maximum absolute atomic E-state index is 10.9. The van der Waals surface area contributed by atoms with Gasteiger partial charge in [-0.25, -0.2) is 8.42 Å². The predicted molar refractivity (Wildman–Crippen MR) is 67.8 cm³/mol. The highest BCUT2D eigenvalue weighted by Crippen LogP contribution is 2.33. The summed E-state index contributed by atoms with van der Waals surface area (Å²) in [6.45, 7) is 0. The van der Waals surface area contributed by atoms with E-state index in [2.05, 4.69) is 0 Å². The number of benzene rings is 1. The van der Waals surface area contributed by atoms with Crippen LogP contribution < -0.4 is 14.0 Å². The van der Waals surface area contributed by atoms with Crippen molar-refractivity contribution in [2.75, 3.05) is 34.2 Å². The van der Waals surface area contributed by atoms with Gasteiger partial charge in [-0.05, 0) is 6.07 Å². The number of ether oxygens (including phenoxy) is 2. The van der Waals surface area contributed by atoms with Crippen molar-refractivity contribution in [1.82, 2.24) is 4.48 Å². The highest BCUT2D eigenvalue weighted by atomic mass is 32.2. The maximum Gasteiger partial charge on any atom is 0.173 e. The molecule has 0 aromatic heterocycles. The van der Waals surface area contributed by atoms with Crippen LogP contribution in [0.2, 0.25) is 0 Å². The molecule has 0 bridgehead atoms. The van der Waals surface area contributed by atoms with Crippen LogP contribution in [0, 0.1) is 0 Å². The lowest BCUT2D eigenvalue weighted by atomic mass is 10.2. The number of rotatable bonds is 5. The van der Waals surface area contributed by atoms with Gasteiger partial charge in [0.1, 0.15) is 15.8 Å². The van der Waals surface area contributed by atoms with Crippen molar-refractivity contribution in [3.63, 3.8) is 0 Å². The molecule has 0 fully saturated rings. The van der Waals surface area contributed by atoms with E-state index in [1.54, 1.807) is 32.3 Å². The summed E-state index contributed by atoms with van der Waals surface area (Å²) in [6.07, 6.45) is 0. The number of methoxy groups -OCH3 is 2. The van der Waals surface area contributed by atoms with Crippen LogP contribution in [-0.2, 0) is 10.1 Å². The van der Waals surface area contributed by atoms with Crippen LogP contribution in [-0.4, -0.2) is 47.2 Å². The van der Waals surface area contributed by atoms with E-state index in [1.165, 1.54) is 14.2 Å². The van der Waals surface area contributed by atoms with E-state index in [9.17, 15) is 13.0 Å². The Balaban J connectivity index is 3.17. The number of nitrogens with zero attached hydrogens (tertiary/aromatic N) is 1. The first-order valence-electron chi connectivity index (χ1n) is 5.19. The van der Waals surface area contributed by atoms with Gasteiger partial charge in [0.2, 0.25) is 0 Å². The number of hydrogen-bond acceptors (Lipinski definition) is 5. The SMILES string of the molecule is COc1ccc([N+](C)(C)CS(=O)(=O)[O-])cc1OC. The average Bonchev–Trinajstić information content (AvgIpc) is 2.24. The molecule has 1 aromatic carbocycles. The van der Waals surface area contributed by atoms with E-state index in [0.29, 0.717) is 17.2 Å². The summed E-state index contributed by atoms with van der Waals surface area (Å²) >= 11 is 0. The molecule has 0 N–H and O–H groups in total. The standard InChI is InChI=1S/C11H17NO5S/c1-12(2,8-18(13,14)15)9-5-6-10(16-3)11(7-9)17-4/h5-7H,8H2,1-4H3. The van der Waals surface area contributed by atoms with E-state index >= 15 is 0 Å². The lowest BCUT2D eigenvalue weighted by molar-refractivity contribution is 0.352. The Kier molecular flexibility index (Phi) is 4.20. The fourth-order valence-corrected chi connectivity index (χ4v) is 2.61. The Labute approximate surface area is 107 Å². The minimum absolute atomic E-state index is 0.0772. The molecule has 0 aliphatic rings. The highest BCUT2D eigenvalue weighted by Gasteiger charge is 2.23. The largest absolute Gasteiger partial charge is 0.744 e. The minimum atomic E-state index is -4.32. The van der Waals surface area contributed by atoms with Gasteiger partial charge in [-0.15, -0.1) is 0 Å². The lowest BCUT2D eigenvalue weighted by Crippen LogP contribution is -2.44. The highest BCUT2D eigenvalue weighted by molar-refractivity contribution is 7.85. The molecule has 6 nitrogen and oxygen atoms in total. The zero-order valence-corrected chi connectivity index (χ0v) is 11.7. The molecule has 1 aromatic rings. The molecule has 102 valence electrons. The van der Waals surface area contributed by atoms with E-state index in [4.69, 9.17) is 9.47 Å². The molecule has 0 amide bonds. The fraction of sp³-hybridized carbons (Fsp3) is 0.455. The summed E-state index contributed by atoms with van der Waals surface area (Å²) in [5.41, 5.74) is 0.645. The molecule has 0 aliphatic carbocycles. The predicted octanol–water partition coefficient (Wildman–Crippen LogP) is 0.773. The summed E-state index contributed by atoms with van der Waals surface area (Å²) in [7, 11) is 1.96. The second-order valence-corrected chi connectivity index (χ2v) is 5.78. The monoisotopic (exact) mass is 275 g/mol. The number of quaternary nitrogens is 1. The first-order chi connectivity index (χ1) is 8.19.